The molecule has 0 saturated heterocycles. The van der Waals surface area contributed by atoms with E-state index in [1.54, 1.807) is 0 Å². The Balaban J connectivity index is 2.29. The van der Waals surface area contributed by atoms with Crippen molar-refractivity contribution in [3.63, 3.8) is 0 Å². The van der Waals surface area contributed by atoms with E-state index in [4.69, 9.17) is 0 Å². The Morgan fingerprint density at radius 3 is 2.56 bits per heavy atom. The first kappa shape index (κ1) is 12.3. The Morgan fingerprint density at radius 1 is 1.17 bits per heavy atom. The molecule has 0 radical (unpaired) electrons. The largest absolute Gasteiger partial charge is 0.310 e. The zero-order chi connectivity index (χ0) is 13.0. The van der Waals surface area contributed by atoms with Crippen molar-refractivity contribution in [2.45, 2.75) is 19.8 Å². The van der Waals surface area contributed by atoms with E-state index in [0.29, 0.717) is 5.69 Å². The number of nitrogens with one attached hydrogen (secondary N) is 1. The van der Waals surface area contributed by atoms with E-state index in [1.165, 1.54) is 6.07 Å². The normalized spacial score (nSPS) is 11.3. The molecule has 0 fully saturated rings. The maximum Gasteiger partial charge on any atom is 0.251 e. The topological polar surface area (TPSA) is 45.8 Å². The monoisotopic (exact) mass is 240 g/mol. The van der Waals surface area contributed by atoms with E-state index >= 15 is 0 Å². The van der Waals surface area contributed by atoms with Crippen LogP contribution in [0, 0.1) is 0 Å². The van der Waals surface area contributed by atoms with E-state index in [2.05, 4.69) is 9.97 Å². The smallest absolute Gasteiger partial charge is 0.251 e. The fourth-order valence-corrected chi connectivity index (χ4v) is 1.60. The molecule has 3 heteroatoms. The summed E-state index contributed by atoms with van der Waals surface area (Å²) in [6.07, 6.45) is 3.81. The van der Waals surface area contributed by atoms with Gasteiger partial charge in [-0.05, 0) is 11.6 Å². The number of H-pyrrole nitrogens is 1. The van der Waals surface area contributed by atoms with Crippen molar-refractivity contribution in [1.82, 2.24) is 9.97 Å². The highest BCUT2D eigenvalue weighted by atomic mass is 16.1. The lowest BCUT2D eigenvalue weighted by Crippen LogP contribution is -2.12. The SMILES string of the molecule is CC(C)c1nc(/C=C/c2ccccc2)cc(=O)[nH]1. The van der Waals surface area contributed by atoms with E-state index in [0.717, 1.165) is 11.4 Å². The van der Waals surface area contributed by atoms with Crippen LogP contribution in [0.3, 0.4) is 0 Å². The Morgan fingerprint density at radius 2 is 1.89 bits per heavy atom. The number of aromatic nitrogens is 2. The van der Waals surface area contributed by atoms with Gasteiger partial charge in [0.15, 0.2) is 0 Å². The third kappa shape index (κ3) is 3.17. The van der Waals surface area contributed by atoms with Crippen LogP contribution in [0.1, 0.15) is 36.8 Å². The molecule has 0 aliphatic rings. The van der Waals surface area contributed by atoms with Gasteiger partial charge in [-0.3, -0.25) is 4.79 Å². The molecule has 18 heavy (non-hydrogen) atoms. The average Bonchev–Trinajstić information content (AvgIpc) is 2.37. The third-order valence-corrected chi connectivity index (χ3v) is 2.57. The number of benzene rings is 1. The summed E-state index contributed by atoms with van der Waals surface area (Å²) in [6.45, 7) is 4.01. The summed E-state index contributed by atoms with van der Waals surface area (Å²) in [4.78, 5) is 18.6. The second kappa shape index (κ2) is 5.45. The molecule has 0 amide bonds. The van der Waals surface area contributed by atoms with Crippen LogP contribution in [0.15, 0.2) is 41.2 Å². The molecule has 1 aromatic heterocycles. The summed E-state index contributed by atoms with van der Waals surface area (Å²) in [6, 6.07) is 11.4. The van der Waals surface area contributed by atoms with Gasteiger partial charge >= 0.3 is 0 Å². The molecule has 1 heterocycles. The van der Waals surface area contributed by atoms with Gasteiger partial charge < -0.3 is 4.98 Å². The summed E-state index contributed by atoms with van der Waals surface area (Å²) in [5, 5.41) is 0. The molecule has 1 aromatic carbocycles. The highest BCUT2D eigenvalue weighted by Crippen LogP contribution is 2.09. The lowest BCUT2D eigenvalue weighted by Gasteiger charge is -2.04. The molecule has 0 aliphatic carbocycles. The van der Waals surface area contributed by atoms with Crippen LogP contribution in [0.5, 0.6) is 0 Å². The van der Waals surface area contributed by atoms with Crippen LogP contribution in [0.2, 0.25) is 0 Å². The quantitative estimate of drug-likeness (QED) is 0.896. The Hall–Kier alpha value is -2.16. The van der Waals surface area contributed by atoms with Crippen LogP contribution in [-0.2, 0) is 0 Å². The van der Waals surface area contributed by atoms with E-state index in [1.807, 2.05) is 56.3 Å². The second-order valence-corrected chi connectivity index (χ2v) is 4.45. The van der Waals surface area contributed by atoms with Gasteiger partial charge in [0.2, 0.25) is 0 Å². The first-order valence-corrected chi connectivity index (χ1v) is 5.99. The highest BCUT2D eigenvalue weighted by molar-refractivity contribution is 5.67. The van der Waals surface area contributed by atoms with E-state index < -0.39 is 0 Å². The van der Waals surface area contributed by atoms with E-state index in [-0.39, 0.29) is 11.5 Å². The second-order valence-electron chi connectivity index (χ2n) is 4.45. The fraction of sp³-hybridized carbons (Fsp3) is 0.200. The summed E-state index contributed by atoms with van der Waals surface area (Å²) < 4.78 is 0. The molecule has 2 rings (SSSR count). The van der Waals surface area contributed by atoms with Crippen molar-refractivity contribution >= 4 is 12.2 Å². The van der Waals surface area contributed by atoms with Gasteiger partial charge in [0.05, 0.1) is 5.69 Å². The van der Waals surface area contributed by atoms with Gasteiger partial charge in [-0.1, -0.05) is 50.3 Å². The number of hydrogen-bond acceptors (Lipinski definition) is 2. The Bertz CT molecular complexity index is 597. The Kier molecular flexibility index (Phi) is 3.72. The van der Waals surface area contributed by atoms with Crippen molar-refractivity contribution in [1.29, 1.82) is 0 Å². The number of hydrogen-bond donors (Lipinski definition) is 1. The third-order valence-electron chi connectivity index (χ3n) is 2.57. The lowest BCUT2D eigenvalue weighted by molar-refractivity contribution is 0.764. The number of nitrogens with zero attached hydrogens (tertiary/aromatic N) is 1. The first-order chi connectivity index (χ1) is 8.65. The fourth-order valence-electron chi connectivity index (χ4n) is 1.60. The van der Waals surface area contributed by atoms with Crippen LogP contribution < -0.4 is 5.56 Å². The van der Waals surface area contributed by atoms with Gasteiger partial charge in [-0.2, -0.15) is 0 Å². The summed E-state index contributed by atoms with van der Waals surface area (Å²) in [5.41, 5.74) is 1.67. The summed E-state index contributed by atoms with van der Waals surface area (Å²) in [7, 11) is 0. The van der Waals surface area contributed by atoms with Gasteiger partial charge in [-0.15, -0.1) is 0 Å². The zero-order valence-corrected chi connectivity index (χ0v) is 10.6. The molecule has 3 nitrogen and oxygen atoms in total. The van der Waals surface area contributed by atoms with Crippen molar-refractivity contribution in [2.24, 2.45) is 0 Å². The average molecular weight is 240 g/mol. The van der Waals surface area contributed by atoms with Gasteiger partial charge in [0.25, 0.3) is 5.56 Å². The van der Waals surface area contributed by atoms with E-state index in [9.17, 15) is 4.79 Å². The summed E-state index contributed by atoms with van der Waals surface area (Å²) >= 11 is 0. The lowest BCUT2D eigenvalue weighted by atomic mass is 10.2. The van der Waals surface area contributed by atoms with Crippen molar-refractivity contribution < 1.29 is 0 Å². The molecule has 0 saturated carbocycles. The minimum absolute atomic E-state index is 0.110. The van der Waals surface area contributed by atoms with Crippen LogP contribution >= 0.6 is 0 Å². The first-order valence-electron chi connectivity index (χ1n) is 5.99. The molecule has 0 unspecified atom stereocenters. The predicted molar refractivity (Wildman–Crippen MR) is 74.3 cm³/mol. The van der Waals surface area contributed by atoms with Crippen LogP contribution in [0.25, 0.3) is 12.2 Å². The van der Waals surface area contributed by atoms with Crippen molar-refractivity contribution in [3.05, 3.63) is 63.8 Å². The molecular formula is C15H16N2O. The predicted octanol–water partition coefficient (Wildman–Crippen LogP) is 3.06. The van der Waals surface area contributed by atoms with Crippen molar-refractivity contribution in [2.75, 3.05) is 0 Å². The number of aromatic amines is 1. The maximum atomic E-state index is 11.5. The zero-order valence-electron chi connectivity index (χ0n) is 10.6. The van der Waals surface area contributed by atoms with Gasteiger partial charge in [0, 0.05) is 12.0 Å². The maximum absolute atomic E-state index is 11.5. The van der Waals surface area contributed by atoms with Crippen molar-refractivity contribution in [3.8, 4) is 0 Å². The molecule has 0 aliphatic heterocycles. The minimum Gasteiger partial charge on any atom is -0.310 e. The molecule has 0 bridgehead atoms. The molecule has 0 atom stereocenters. The minimum atomic E-state index is -0.110. The highest BCUT2D eigenvalue weighted by Gasteiger charge is 2.03. The van der Waals surface area contributed by atoms with Gasteiger partial charge in [-0.25, -0.2) is 4.98 Å². The molecule has 92 valence electrons. The molecular weight excluding hydrogens is 224 g/mol. The molecule has 1 N–H and O–H groups in total. The number of rotatable bonds is 3. The van der Waals surface area contributed by atoms with Crippen LogP contribution in [-0.4, -0.2) is 9.97 Å². The molecule has 2 aromatic rings. The molecule has 0 spiro atoms. The standard InChI is InChI=1S/C15H16N2O/c1-11(2)15-16-13(10-14(18)17-15)9-8-12-6-4-3-5-7-12/h3-11H,1-2H3,(H,16,17,18)/b9-8+. The Labute approximate surface area is 106 Å². The van der Waals surface area contributed by atoms with Crippen LogP contribution in [0.4, 0.5) is 0 Å². The van der Waals surface area contributed by atoms with Gasteiger partial charge in [0.1, 0.15) is 5.82 Å². The summed E-state index contributed by atoms with van der Waals surface area (Å²) in [5.74, 6) is 0.929.